The maximum absolute atomic E-state index is 13.6. The molecule has 0 bridgehead atoms. The van der Waals surface area contributed by atoms with Gasteiger partial charge in [-0.3, -0.25) is 9.59 Å². The number of rotatable bonds is 11. The molecule has 2 amide bonds. The van der Waals surface area contributed by atoms with Gasteiger partial charge in [-0.05, 0) is 61.1 Å². The van der Waals surface area contributed by atoms with Crippen molar-refractivity contribution in [3.63, 3.8) is 0 Å². The molecule has 3 aromatic carbocycles. The number of ether oxygens (including phenoxy) is 1. The molecule has 0 aliphatic heterocycles. The largest absolute Gasteiger partial charge is 0.483 e. The van der Waals surface area contributed by atoms with E-state index in [2.05, 4.69) is 11.4 Å². The summed E-state index contributed by atoms with van der Waals surface area (Å²) in [6, 6.07) is 23.0. The highest BCUT2D eigenvalue weighted by Crippen LogP contribution is 2.24. The zero-order valence-corrected chi connectivity index (χ0v) is 21.2. The lowest BCUT2D eigenvalue weighted by atomic mass is 10.0. The SMILES string of the molecule is CCCNC(=O)C(Cc1ccccc1)N(Cc1ccccc1)C(=O)COc1cc(C)cc(C)c1C. The minimum absolute atomic E-state index is 0.136. The van der Waals surface area contributed by atoms with Gasteiger partial charge in [0.05, 0.1) is 0 Å². The topological polar surface area (TPSA) is 58.6 Å². The van der Waals surface area contributed by atoms with E-state index >= 15 is 0 Å². The van der Waals surface area contributed by atoms with Gasteiger partial charge >= 0.3 is 0 Å². The zero-order chi connectivity index (χ0) is 25.2. The van der Waals surface area contributed by atoms with E-state index in [-0.39, 0.29) is 18.4 Å². The van der Waals surface area contributed by atoms with Crippen molar-refractivity contribution >= 4 is 11.8 Å². The number of benzene rings is 3. The van der Waals surface area contributed by atoms with Gasteiger partial charge in [0.2, 0.25) is 5.91 Å². The maximum atomic E-state index is 13.6. The van der Waals surface area contributed by atoms with E-state index in [4.69, 9.17) is 4.74 Å². The summed E-state index contributed by atoms with van der Waals surface area (Å²) in [5.74, 6) is 0.327. The molecule has 0 saturated carbocycles. The third kappa shape index (κ3) is 7.44. The van der Waals surface area contributed by atoms with E-state index in [1.165, 1.54) is 0 Å². The summed E-state index contributed by atoms with van der Waals surface area (Å²) in [6.07, 6.45) is 1.25. The van der Waals surface area contributed by atoms with E-state index in [9.17, 15) is 9.59 Å². The Balaban J connectivity index is 1.90. The van der Waals surface area contributed by atoms with Crippen LogP contribution in [0.2, 0.25) is 0 Å². The molecule has 0 saturated heterocycles. The zero-order valence-electron chi connectivity index (χ0n) is 21.2. The molecule has 0 aliphatic carbocycles. The standard InChI is InChI=1S/C30H36N2O3/c1-5-16-31-30(34)27(19-25-12-8-6-9-13-25)32(20-26-14-10-7-11-15-26)29(33)21-35-28-18-22(2)17-23(3)24(28)4/h6-15,17-18,27H,5,16,19-21H2,1-4H3,(H,31,34). The fraction of sp³-hybridized carbons (Fsp3) is 0.333. The molecule has 3 rings (SSSR count). The summed E-state index contributed by atoms with van der Waals surface area (Å²) in [4.78, 5) is 28.6. The first-order valence-electron chi connectivity index (χ1n) is 12.2. The van der Waals surface area contributed by atoms with Crippen LogP contribution in [0.15, 0.2) is 72.8 Å². The van der Waals surface area contributed by atoms with Gasteiger partial charge in [-0.2, -0.15) is 0 Å². The van der Waals surface area contributed by atoms with Gasteiger partial charge < -0.3 is 15.0 Å². The molecule has 35 heavy (non-hydrogen) atoms. The van der Waals surface area contributed by atoms with Crippen molar-refractivity contribution in [2.75, 3.05) is 13.2 Å². The van der Waals surface area contributed by atoms with Crippen LogP contribution in [-0.4, -0.2) is 35.9 Å². The molecular formula is C30H36N2O3. The molecule has 0 radical (unpaired) electrons. The molecule has 0 aromatic heterocycles. The molecule has 1 atom stereocenters. The highest BCUT2D eigenvalue weighted by atomic mass is 16.5. The van der Waals surface area contributed by atoms with Gasteiger partial charge in [-0.25, -0.2) is 0 Å². The smallest absolute Gasteiger partial charge is 0.261 e. The van der Waals surface area contributed by atoms with Crippen LogP contribution in [0, 0.1) is 20.8 Å². The van der Waals surface area contributed by atoms with Crippen molar-refractivity contribution in [2.45, 2.75) is 53.1 Å². The Morgan fingerprint density at radius 3 is 2.17 bits per heavy atom. The molecule has 0 aliphatic rings. The predicted molar refractivity (Wildman–Crippen MR) is 140 cm³/mol. The van der Waals surface area contributed by atoms with E-state index in [1.807, 2.05) is 94.4 Å². The van der Waals surface area contributed by atoms with Crippen LogP contribution in [-0.2, 0) is 22.6 Å². The Hall–Kier alpha value is -3.60. The molecule has 1 N–H and O–H groups in total. The van der Waals surface area contributed by atoms with Gasteiger partial charge in [0.1, 0.15) is 11.8 Å². The van der Waals surface area contributed by atoms with E-state index in [1.54, 1.807) is 4.90 Å². The van der Waals surface area contributed by atoms with Crippen molar-refractivity contribution in [1.29, 1.82) is 0 Å². The average Bonchev–Trinajstić information content (AvgIpc) is 2.87. The molecule has 5 nitrogen and oxygen atoms in total. The van der Waals surface area contributed by atoms with Gasteiger partial charge in [0.25, 0.3) is 5.91 Å². The van der Waals surface area contributed by atoms with Crippen LogP contribution in [0.25, 0.3) is 0 Å². The summed E-state index contributed by atoms with van der Waals surface area (Å²) in [7, 11) is 0. The van der Waals surface area contributed by atoms with Crippen LogP contribution >= 0.6 is 0 Å². The first-order chi connectivity index (χ1) is 16.9. The van der Waals surface area contributed by atoms with Crippen LogP contribution in [0.5, 0.6) is 5.75 Å². The Labute approximate surface area is 209 Å². The number of carbonyl (C=O) groups excluding carboxylic acids is 2. The van der Waals surface area contributed by atoms with Crippen molar-refractivity contribution < 1.29 is 14.3 Å². The Kier molecular flexibility index (Phi) is 9.47. The van der Waals surface area contributed by atoms with Crippen LogP contribution in [0.3, 0.4) is 0 Å². The number of hydrogen-bond donors (Lipinski definition) is 1. The van der Waals surface area contributed by atoms with E-state index in [0.29, 0.717) is 25.3 Å². The summed E-state index contributed by atoms with van der Waals surface area (Å²) >= 11 is 0. The van der Waals surface area contributed by atoms with Gasteiger partial charge in [-0.1, -0.05) is 73.7 Å². The van der Waals surface area contributed by atoms with Crippen LogP contribution in [0.4, 0.5) is 0 Å². The first-order valence-corrected chi connectivity index (χ1v) is 12.2. The summed E-state index contributed by atoms with van der Waals surface area (Å²) in [5.41, 5.74) is 5.18. The molecule has 0 spiro atoms. The second-order valence-electron chi connectivity index (χ2n) is 9.00. The van der Waals surface area contributed by atoms with E-state index in [0.717, 1.165) is 34.2 Å². The molecule has 0 fully saturated rings. The average molecular weight is 473 g/mol. The third-order valence-corrected chi connectivity index (χ3v) is 6.13. The highest BCUT2D eigenvalue weighted by Gasteiger charge is 2.30. The molecule has 184 valence electrons. The first kappa shape index (κ1) is 26.0. The Morgan fingerprint density at radius 1 is 0.914 bits per heavy atom. The number of hydrogen-bond acceptors (Lipinski definition) is 3. The summed E-state index contributed by atoms with van der Waals surface area (Å²) < 4.78 is 6.02. The minimum atomic E-state index is -0.652. The Morgan fingerprint density at radius 2 is 1.54 bits per heavy atom. The van der Waals surface area contributed by atoms with Crippen LogP contribution in [0.1, 0.15) is 41.2 Å². The van der Waals surface area contributed by atoms with Crippen molar-refractivity contribution in [2.24, 2.45) is 0 Å². The van der Waals surface area contributed by atoms with Crippen LogP contribution < -0.4 is 10.1 Å². The van der Waals surface area contributed by atoms with Crippen molar-refractivity contribution in [3.05, 3.63) is 101 Å². The monoisotopic (exact) mass is 472 g/mol. The normalized spacial score (nSPS) is 11.5. The molecule has 1 unspecified atom stereocenters. The van der Waals surface area contributed by atoms with Gasteiger partial charge in [-0.15, -0.1) is 0 Å². The number of aryl methyl sites for hydroxylation is 2. The maximum Gasteiger partial charge on any atom is 0.261 e. The quantitative estimate of drug-likeness (QED) is 0.420. The number of nitrogens with zero attached hydrogens (tertiary/aromatic N) is 1. The third-order valence-electron chi connectivity index (χ3n) is 6.13. The van der Waals surface area contributed by atoms with Crippen molar-refractivity contribution in [3.8, 4) is 5.75 Å². The second-order valence-corrected chi connectivity index (χ2v) is 9.00. The van der Waals surface area contributed by atoms with Gasteiger partial charge in [0, 0.05) is 19.5 Å². The lowest BCUT2D eigenvalue weighted by Gasteiger charge is -2.31. The molecular weight excluding hydrogens is 436 g/mol. The fourth-order valence-corrected chi connectivity index (χ4v) is 4.07. The Bertz CT molecular complexity index is 1110. The minimum Gasteiger partial charge on any atom is -0.483 e. The summed E-state index contributed by atoms with van der Waals surface area (Å²) in [5, 5.41) is 3.00. The van der Waals surface area contributed by atoms with Crippen molar-refractivity contribution in [1.82, 2.24) is 10.2 Å². The molecule has 5 heteroatoms. The number of amides is 2. The molecule has 3 aromatic rings. The molecule has 0 heterocycles. The number of nitrogens with one attached hydrogen (secondary N) is 1. The predicted octanol–water partition coefficient (Wildman–Crippen LogP) is 5.16. The number of carbonyl (C=O) groups is 2. The summed E-state index contributed by atoms with van der Waals surface area (Å²) in [6.45, 7) is 8.81. The van der Waals surface area contributed by atoms with Gasteiger partial charge in [0.15, 0.2) is 6.61 Å². The lowest BCUT2D eigenvalue weighted by molar-refractivity contribution is -0.142. The lowest BCUT2D eigenvalue weighted by Crippen LogP contribution is -2.51. The highest BCUT2D eigenvalue weighted by molar-refractivity contribution is 5.88. The van der Waals surface area contributed by atoms with E-state index < -0.39 is 6.04 Å². The fourth-order valence-electron chi connectivity index (χ4n) is 4.07. The second kappa shape index (κ2) is 12.7.